The van der Waals surface area contributed by atoms with Crippen molar-refractivity contribution in [2.75, 3.05) is 31.5 Å². The molecule has 27 heavy (non-hydrogen) atoms. The molecule has 138 valence electrons. The number of imidazole rings is 1. The van der Waals surface area contributed by atoms with Crippen molar-refractivity contribution in [3.05, 3.63) is 59.9 Å². The Morgan fingerprint density at radius 3 is 2.89 bits per heavy atom. The molecule has 1 fully saturated rings. The maximum atomic E-state index is 12.8. The van der Waals surface area contributed by atoms with Gasteiger partial charge in [-0.3, -0.25) is 9.59 Å². The van der Waals surface area contributed by atoms with Crippen LogP contribution in [0.15, 0.2) is 48.8 Å². The van der Waals surface area contributed by atoms with Crippen LogP contribution in [0.1, 0.15) is 27.1 Å². The Bertz CT molecular complexity index is 973. The van der Waals surface area contributed by atoms with Crippen LogP contribution in [0.2, 0.25) is 0 Å². The summed E-state index contributed by atoms with van der Waals surface area (Å²) in [7, 11) is 0. The van der Waals surface area contributed by atoms with E-state index in [4.69, 9.17) is 0 Å². The summed E-state index contributed by atoms with van der Waals surface area (Å²) >= 11 is 0. The average molecular weight is 363 g/mol. The topological polar surface area (TPSA) is 90.1 Å². The Balaban J connectivity index is 1.49. The Kier molecular flexibility index (Phi) is 4.84. The summed E-state index contributed by atoms with van der Waals surface area (Å²) in [5.74, 6) is -0.233. The Hall–Kier alpha value is -3.19. The second-order valence-corrected chi connectivity index (χ2v) is 6.57. The van der Waals surface area contributed by atoms with Crippen molar-refractivity contribution in [2.45, 2.75) is 6.42 Å². The standard InChI is InChI=1S/C20H21N5O2/c26-19(14-5-6-17-18(12-14)23-13-22-17)24-16-4-1-3-15(11-16)20(27)25-9-2-7-21-8-10-25/h1,3-6,11-13,21H,2,7-10H2,(H,22,23)(H,24,26). The highest BCUT2D eigenvalue weighted by Crippen LogP contribution is 2.17. The molecule has 0 bridgehead atoms. The van der Waals surface area contributed by atoms with E-state index in [0.717, 1.165) is 37.1 Å². The third-order valence-corrected chi connectivity index (χ3v) is 4.68. The number of rotatable bonds is 3. The molecule has 0 unspecified atom stereocenters. The molecule has 4 rings (SSSR count). The van der Waals surface area contributed by atoms with E-state index < -0.39 is 0 Å². The zero-order valence-electron chi connectivity index (χ0n) is 14.9. The highest BCUT2D eigenvalue weighted by atomic mass is 16.2. The van der Waals surface area contributed by atoms with Crippen LogP contribution < -0.4 is 10.6 Å². The molecule has 0 spiro atoms. The fourth-order valence-corrected chi connectivity index (χ4v) is 3.24. The number of fused-ring (bicyclic) bond motifs is 1. The first kappa shape index (κ1) is 17.2. The highest BCUT2D eigenvalue weighted by molar-refractivity contribution is 6.06. The van der Waals surface area contributed by atoms with Gasteiger partial charge in [0.15, 0.2) is 0 Å². The lowest BCUT2D eigenvalue weighted by atomic mass is 10.1. The van der Waals surface area contributed by atoms with E-state index in [9.17, 15) is 9.59 Å². The van der Waals surface area contributed by atoms with E-state index in [2.05, 4.69) is 20.6 Å². The van der Waals surface area contributed by atoms with Gasteiger partial charge in [0.2, 0.25) is 0 Å². The molecule has 2 aromatic carbocycles. The van der Waals surface area contributed by atoms with Gasteiger partial charge >= 0.3 is 0 Å². The lowest BCUT2D eigenvalue weighted by Crippen LogP contribution is -2.34. The number of anilines is 1. The van der Waals surface area contributed by atoms with Gasteiger partial charge in [0.1, 0.15) is 0 Å². The molecular weight excluding hydrogens is 342 g/mol. The molecule has 0 saturated carbocycles. The van der Waals surface area contributed by atoms with Crippen LogP contribution >= 0.6 is 0 Å². The van der Waals surface area contributed by atoms with E-state index >= 15 is 0 Å². The van der Waals surface area contributed by atoms with Gasteiger partial charge in [0.05, 0.1) is 17.4 Å². The van der Waals surface area contributed by atoms with Crippen molar-refractivity contribution < 1.29 is 9.59 Å². The lowest BCUT2D eigenvalue weighted by molar-refractivity contribution is 0.0766. The highest BCUT2D eigenvalue weighted by Gasteiger charge is 2.17. The average Bonchev–Trinajstić information content (AvgIpc) is 2.99. The Morgan fingerprint density at radius 1 is 1.04 bits per heavy atom. The molecule has 2 heterocycles. The van der Waals surface area contributed by atoms with E-state index in [-0.39, 0.29) is 11.8 Å². The fraction of sp³-hybridized carbons (Fsp3) is 0.250. The lowest BCUT2D eigenvalue weighted by Gasteiger charge is -2.20. The molecule has 3 aromatic rings. The Morgan fingerprint density at radius 2 is 1.96 bits per heavy atom. The summed E-state index contributed by atoms with van der Waals surface area (Å²) in [6.07, 6.45) is 2.54. The quantitative estimate of drug-likeness (QED) is 0.666. The van der Waals surface area contributed by atoms with Crippen LogP contribution in [0, 0.1) is 0 Å². The van der Waals surface area contributed by atoms with Gasteiger partial charge in [-0.2, -0.15) is 0 Å². The molecule has 0 aliphatic carbocycles. The normalized spacial score (nSPS) is 14.7. The molecule has 1 aliphatic heterocycles. The number of hydrogen-bond acceptors (Lipinski definition) is 4. The van der Waals surface area contributed by atoms with Crippen molar-refractivity contribution in [1.29, 1.82) is 0 Å². The number of aromatic nitrogens is 2. The van der Waals surface area contributed by atoms with Gasteiger partial charge < -0.3 is 20.5 Å². The summed E-state index contributed by atoms with van der Waals surface area (Å²) < 4.78 is 0. The van der Waals surface area contributed by atoms with E-state index in [0.29, 0.717) is 23.4 Å². The van der Waals surface area contributed by atoms with Crippen molar-refractivity contribution in [2.24, 2.45) is 0 Å². The van der Waals surface area contributed by atoms with Crippen molar-refractivity contribution in [3.8, 4) is 0 Å². The first-order valence-electron chi connectivity index (χ1n) is 9.05. The van der Waals surface area contributed by atoms with Crippen LogP contribution in [0.4, 0.5) is 5.69 Å². The maximum Gasteiger partial charge on any atom is 0.255 e. The number of hydrogen-bond donors (Lipinski definition) is 3. The minimum Gasteiger partial charge on any atom is -0.345 e. The number of amides is 2. The van der Waals surface area contributed by atoms with Crippen molar-refractivity contribution in [3.63, 3.8) is 0 Å². The summed E-state index contributed by atoms with van der Waals surface area (Å²) in [6.45, 7) is 3.17. The third-order valence-electron chi connectivity index (χ3n) is 4.68. The molecule has 3 N–H and O–H groups in total. The molecular formula is C20H21N5O2. The summed E-state index contributed by atoms with van der Waals surface area (Å²) in [5, 5.41) is 6.16. The van der Waals surface area contributed by atoms with E-state index in [1.807, 2.05) is 4.90 Å². The van der Waals surface area contributed by atoms with Crippen LogP contribution in [0.3, 0.4) is 0 Å². The van der Waals surface area contributed by atoms with Gasteiger partial charge in [-0.15, -0.1) is 0 Å². The third kappa shape index (κ3) is 3.83. The summed E-state index contributed by atoms with van der Waals surface area (Å²) in [4.78, 5) is 34.3. The van der Waals surface area contributed by atoms with Gasteiger partial charge in [0, 0.05) is 36.4 Å². The fourth-order valence-electron chi connectivity index (χ4n) is 3.24. The second kappa shape index (κ2) is 7.59. The Labute approximate surface area is 156 Å². The molecule has 0 atom stereocenters. The zero-order valence-corrected chi connectivity index (χ0v) is 14.9. The second-order valence-electron chi connectivity index (χ2n) is 6.57. The number of H-pyrrole nitrogens is 1. The molecule has 1 aromatic heterocycles. The number of nitrogens with zero attached hydrogens (tertiary/aromatic N) is 2. The van der Waals surface area contributed by atoms with Gasteiger partial charge in [0.25, 0.3) is 11.8 Å². The number of carbonyl (C=O) groups excluding carboxylic acids is 2. The van der Waals surface area contributed by atoms with Crippen LogP contribution in [0.25, 0.3) is 11.0 Å². The van der Waals surface area contributed by atoms with E-state index in [1.165, 1.54) is 0 Å². The van der Waals surface area contributed by atoms with Gasteiger partial charge in [-0.25, -0.2) is 4.98 Å². The monoisotopic (exact) mass is 363 g/mol. The van der Waals surface area contributed by atoms with Gasteiger partial charge in [-0.1, -0.05) is 6.07 Å². The van der Waals surface area contributed by atoms with Gasteiger partial charge in [-0.05, 0) is 49.4 Å². The zero-order chi connectivity index (χ0) is 18.6. The number of carbonyl (C=O) groups is 2. The maximum absolute atomic E-state index is 12.8. The molecule has 7 nitrogen and oxygen atoms in total. The predicted molar refractivity (Wildman–Crippen MR) is 104 cm³/mol. The largest absolute Gasteiger partial charge is 0.345 e. The SMILES string of the molecule is O=C(Nc1cccc(C(=O)N2CCCNCC2)c1)c1ccc2nc[nH]c2c1. The van der Waals surface area contributed by atoms with Crippen LogP contribution in [-0.4, -0.2) is 52.9 Å². The number of benzene rings is 2. The first-order chi connectivity index (χ1) is 13.2. The molecule has 1 saturated heterocycles. The molecule has 1 aliphatic rings. The van der Waals surface area contributed by atoms with Crippen LogP contribution in [0.5, 0.6) is 0 Å². The number of aromatic amines is 1. The summed E-state index contributed by atoms with van der Waals surface area (Å²) in [6, 6.07) is 12.4. The smallest absolute Gasteiger partial charge is 0.255 e. The van der Waals surface area contributed by atoms with Crippen molar-refractivity contribution >= 4 is 28.5 Å². The first-order valence-corrected chi connectivity index (χ1v) is 9.05. The minimum atomic E-state index is -0.227. The van der Waals surface area contributed by atoms with E-state index in [1.54, 1.807) is 48.8 Å². The van der Waals surface area contributed by atoms with Crippen molar-refractivity contribution in [1.82, 2.24) is 20.2 Å². The molecule has 0 radical (unpaired) electrons. The summed E-state index contributed by atoms with van der Waals surface area (Å²) in [5.41, 5.74) is 3.33. The minimum absolute atomic E-state index is 0.00585. The molecule has 7 heteroatoms. The van der Waals surface area contributed by atoms with Crippen LogP contribution in [-0.2, 0) is 0 Å². The number of nitrogens with one attached hydrogen (secondary N) is 3. The molecule has 2 amide bonds. The predicted octanol–water partition coefficient (Wildman–Crippen LogP) is 2.25.